The zero-order chi connectivity index (χ0) is 19.1. The van der Waals surface area contributed by atoms with Gasteiger partial charge in [-0.2, -0.15) is 0 Å². The van der Waals surface area contributed by atoms with Gasteiger partial charge in [-0.05, 0) is 87.0 Å². The topological polar surface area (TPSA) is 73.8 Å². The predicted molar refractivity (Wildman–Crippen MR) is 102 cm³/mol. The van der Waals surface area contributed by atoms with E-state index < -0.39 is 16.6 Å². The highest BCUT2D eigenvalue weighted by atomic mass is 16.3. The van der Waals surface area contributed by atoms with Crippen LogP contribution in [-0.2, 0) is 5.60 Å². The summed E-state index contributed by atoms with van der Waals surface area (Å²) in [6, 6.07) is 1.86. The van der Waals surface area contributed by atoms with E-state index in [-0.39, 0.29) is 17.4 Å². The zero-order valence-electron chi connectivity index (χ0n) is 16.7. The van der Waals surface area contributed by atoms with Gasteiger partial charge in [-0.3, -0.25) is 0 Å². The molecule has 150 valence electrons. The number of aliphatic hydroxyl groups excluding tert-OH is 1. The van der Waals surface area contributed by atoms with Gasteiger partial charge in [0.15, 0.2) is 0 Å². The molecule has 2 unspecified atom stereocenters. The number of fused-ring (bicyclic) bond motifs is 5. The van der Waals surface area contributed by atoms with Gasteiger partial charge in [0.1, 0.15) is 5.60 Å². The van der Waals surface area contributed by atoms with Crippen LogP contribution < -0.4 is 0 Å². The third-order valence-corrected chi connectivity index (χ3v) is 9.97. The Hall–Kier alpha value is -0.840. The van der Waals surface area contributed by atoms with Crippen molar-refractivity contribution in [1.29, 1.82) is 0 Å². The van der Waals surface area contributed by atoms with E-state index in [1.54, 1.807) is 12.5 Å². The Morgan fingerprint density at radius 2 is 1.78 bits per heavy atom. The van der Waals surface area contributed by atoms with Crippen LogP contribution in [0.2, 0.25) is 0 Å². The third kappa shape index (κ3) is 2.10. The molecule has 0 spiro atoms. The monoisotopic (exact) mass is 374 g/mol. The molecular weight excluding hydrogens is 340 g/mol. The molecule has 8 atom stereocenters. The number of aliphatic hydroxyl groups is 3. The second-order valence-electron chi connectivity index (χ2n) is 10.6. The Balaban J connectivity index is 1.52. The van der Waals surface area contributed by atoms with Gasteiger partial charge >= 0.3 is 0 Å². The highest BCUT2D eigenvalue weighted by Crippen LogP contribution is 2.71. The van der Waals surface area contributed by atoms with Crippen molar-refractivity contribution in [2.45, 2.75) is 88.9 Å². The molecule has 4 nitrogen and oxygen atoms in total. The maximum Gasteiger partial charge on any atom is 0.101 e. The van der Waals surface area contributed by atoms with E-state index in [1.165, 1.54) is 0 Å². The van der Waals surface area contributed by atoms with Gasteiger partial charge in [0.25, 0.3) is 0 Å². The minimum Gasteiger partial charge on any atom is -0.472 e. The summed E-state index contributed by atoms with van der Waals surface area (Å²) in [5, 5.41) is 34.0. The normalized spacial score (nSPS) is 54.9. The Morgan fingerprint density at radius 3 is 2.52 bits per heavy atom. The van der Waals surface area contributed by atoms with E-state index in [9.17, 15) is 15.3 Å². The zero-order valence-corrected chi connectivity index (χ0v) is 16.7. The van der Waals surface area contributed by atoms with Crippen LogP contribution in [0.5, 0.6) is 0 Å². The summed E-state index contributed by atoms with van der Waals surface area (Å²) in [6.45, 7) is 4.53. The lowest BCUT2D eigenvalue weighted by Gasteiger charge is -2.64. The van der Waals surface area contributed by atoms with E-state index in [1.807, 2.05) is 6.07 Å². The van der Waals surface area contributed by atoms with Crippen molar-refractivity contribution in [3.63, 3.8) is 0 Å². The van der Waals surface area contributed by atoms with Crippen LogP contribution in [0.1, 0.15) is 77.2 Å². The number of furan rings is 1. The molecule has 0 aliphatic heterocycles. The summed E-state index contributed by atoms with van der Waals surface area (Å²) in [5.41, 5.74) is -1.34. The summed E-state index contributed by atoms with van der Waals surface area (Å²) in [6.07, 6.45) is 11.3. The van der Waals surface area contributed by atoms with E-state index in [0.717, 1.165) is 50.5 Å². The van der Waals surface area contributed by atoms with Crippen LogP contribution in [0, 0.1) is 28.6 Å². The average Bonchev–Trinajstić information content (AvgIpc) is 3.24. The van der Waals surface area contributed by atoms with Crippen LogP contribution in [0.15, 0.2) is 23.0 Å². The summed E-state index contributed by atoms with van der Waals surface area (Å²) >= 11 is 0. The lowest BCUT2D eigenvalue weighted by molar-refractivity contribution is -0.238. The summed E-state index contributed by atoms with van der Waals surface area (Å²) in [7, 11) is 0. The Kier molecular flexibility index (Phi) is 3.78. The molecule has 27 heavy (non-hydrogen) atoms. The second-order valence-corrected chi connectivity index (χ2v) is 10.6. The van der Waals surface area contributed by atoms with Crippen LogP contribution in [0.4, 0.5) is 0 Å². The maximum atomic E-state index is 12.1. The van der Waals surface area contributed by atoms with E-state index >= 15 is 0 Å². The van der Waals surface area contributed by atoms with Gasteiger partial charge in [0.05, 0.1) is 24.2 Å². The molecule has 1 aromatic heterocycles. The smallest absolute Gasteiger partial charge is 0.101 e. The molecule has 0 aromatic carbocycles. The first-order valence-electron chi connectivity index (χ1n) is 10.9. The molecule has 5 rings (SSSR count). The molecule has 0 radical (unpaired) electrons. The molecule has 0 saturated heterocycles. The van der Waals surface area contributed by atoms with Crippen LogP contribution >= 0.6 is 0 Å². The van der Waals surface area contributed by atoms with Crippen molar-refractivity contribution in [2.75, 3.05) is 0 Å². The molecular formula is C23H34O4. The van der Waals surface area contributed by atoms with Gasteiger partial charge < -0.3 is 19.7 Å². The third-order valence-electron chi connectivity index (χ3n) is 9.97. The minimum atomic E-state index is -1.01. The average molecular weight is 375 g/mol. The van der Waals surface area contributed by atoms with Crippen LogP contribution in [-0.4, -0.2) is 27.0 Å². The molecule has 4 fully saturated rings. The maximum absolute atomic E-state index is 12.1. The molecule has 3 N–H and O–H groups in total. The second kappa shape index (κ2) is 5.61. The van der Waals surface area contributed by atoms with Crippen molar-refractivity contribution in [2.24, 2.45) is 28.6 Å². The summed E-state index contributed by atoms with van der Waals surface area (Å²) < 4.78 is 5.29. The van der Waals surface area contributed by atoms with Crippen molar-refractivity contribution in [3.05, 3.63) is 24.2 Å². The van der Waals surface area contributed by atoms with Crippen molar-refractivity contribution in [3.8, 4) is 0 Å². The summed E-state index contributed by atoms with van der Waals surface area (Å²) in [5.74, 6) is 1.31. The largest absolute Gasteiger partial charge is 0.472 e. The molecule has 4 aliphatic carbocycles. The van der Waals surface area contributed by atoms with Crippen molar-refractivity contribution >= 4 is 0 Å². The van der Waals surface area contributed by atoms with Crippen molar-refractivity contribution < 1.29 is 19.7 Å². The molecule has 0 amide bonds. The first-order valence-corrected chi connectivity index (χ1v) is 10.9. The number of hydrogen-bond acceptors (Lipinski definition) is 4. The van der Waals surface area contributed by atoms with Crippen LogP contribution in [0.25, 0.3) is 0 Å². The van der Waals surface area contributed by atoms with Crippen molar-refractivity contribution in [1.82, 2.24) is 0 Å². The molecule has 4 aliphatic rings. The molecule has 1 aromatic rings. The summed E-state index contributed by atoms with van der Waals surface area (Å²) in [4.78, 5) is 0. The Bertz CT molecular complexity index is 716. The van der Waals surface area contributed by atoms with Gasteiger partial charge in [-0.1, -0.05) is 13.8 Å². The molecule has 4 saturated carbocycles. The first-order chi connectivity index (χ1) is 12.7. The van der Waals surface area contributed by atoms with E-state index in [0.29, 0.717) is 24.7 Å². The Morgan fingerprint density at radius 1 is 0.963 bits per heavy atom. The number of hydrogen-bond donors (Lipinski definition) is 3. The Labute approximate surface area is 162 Å². The van der Waals surface area contributed by atoms with E-state index in [2.05, 4.69) is 13.8 Å². The van der Waals surface area contributed by atoms with Crippen LogP contribution in [0.3, 0.4) is 0 Å². The minimum absolute atomic E-state index is 0.144. The fraction of sp³-hybridized carbons (Fsp3) is 0.826. The first kappa shape index (κ1) is 18.2. The van der Waals surface area contributed by atoms with Gasteiger partial charge in [-0.25, -0.2) is 0 Å². The molecule has 0 bridgehead atoms. The standard InChI is InChI=1S/C23H34O4/c1-20-8-5-17(24)13-15(20)3-4-19-18(20)6-9-21(2)22(25,10-11-23(19,21)26)16-7-12-27-14-16/h7,12,14-15,17-19,24-26H,3-6,8-11,13H2,1-2H3/t15-,17?,18+,19-,20+,21-,22?,23-/m1/s1. The highest BCUT2D eigenvalue weighted by molar-refractivity contribution is 5.30. The quantitative estimate of drug-likeness (QED) is 0.695. The molecule has 1 heterocycles. The lowest BCUT2D eigenvalue weighted by atomic mass is 9.43. The SMILES string of the molecule is C[C@]12CCC(O)C[C@H]1CC[C@@H]1[C@@H]2CC[C@]2(C)C(O)(c3ccoc3)CC[C@@]12O. The fourth-order valence-corrected chi connectivity index (χ4v) is 8.18. The number of rotatable bonds is 1. The van der Waals surface area contributed by atoms with E-state index in [4.69, 9.17) is 4.42 Å². The van der Waals surface area contributed by atoms with Gasteiger partial charge in [0.2, 0.25) is 0 Å². The fourth-order valence-electron chi connectivity index (χ4n) is 8.18. The van der Waals surface area contributed by atoms with Gasteiger partial charge in [0, 0.05) is 11.0 Å². The predicted octanol–water partition coefficient (Wildman–Crippen LogP) is 3.99. The van der Waals surface area contributed by atoms with Gasteiger partial charge in [-0.15, -0.1) is 0 Å². The lowest BCUT2D eigenvalue weighted by Crippen LogP contribution is -2.64. The molecule has 4 heteroatoms. The highest BCUT2D eigenvalue weighted by Gasteiger charge is 2.72.